The van der Waals surface area contributed by atoms with E-state index in [1.54, 1.807) is 13.0 Å². The van der Waals surface area contributed by atoms with Gasteiger partial charge in [-0.05, 0) is 32.4 Å². The molecule has 2 rings (SSSR count). The molecule has 0 bridgehead atoms. The highest BCUT2D eigenvalue weighted by atomic mass is 16.3. The molecule has 1 heterocycles. The molecule has 0 spiro atoms. The first kappa shape index (κ1) is 13.5. The van der Waals surface area contributed by atoms with E-state index in [-0.39, 0.29) is 5.91 Å². The topological polar surface area (TPSA) is 62.2 Å². The van der Waals surface area contributed by atoms with E-state index in [2.05, 4.69) is 10.3 Å². The quantitative estimate of drug-likeness (QED) is 0.882. The van der Waals surface area contributed by atoms with Crippen LogP contribution in [-0.4, -0.2) is 28.6 Å². The summed E-state index contributed by atoms with van der Waals surface area (Å²) in [7, 11) is 0. The van der Waals surface area contributed by atoms with Crippen LogP contribution in [0.15, 0.2) is 30.3 Å². The van der Waals surface area contributed by atoms with Crippen molar-refractivity contribution >= 4 is 16.8 Å². The van der Waals surface area contributed by atoms with Crippen molar-refractivity contribution in [1.82, 2.24) is 10.3 Å². The van der Waals surface area contributed by atoms with Crippen molar-refractivity contribution in [3.05, 3.63) is 41.6 Å². The maximum Gasteiger partial charge on any atom is 0.252 e. The molecule has 1 unspecified atom stereocenters. The predicted molar refractivity (Wildman–Crippen MR) is 75.1 cm³/mol. The first-order valence-corrected chi connectivity index (χ1v) is 6.40. The molecule has 1 aromatic carbocycles. The number of para-hydroxylation sites is 1. The van der Waals surface area contributed by atoms with E-state index in [4.69, 9.17) is 0 Å². The summed E-state index contributed by atoms with van der Waals surface area (Å²) in [6.07, 6.45) is 0.143. The minimum absolute atomic E-state index is 0.123. The zero-order valence-corrected chi connectivity index (χ0v) is 11.2. The average Bonchev–Trinajstić information content (AvgIpc) is 2.37. The summed E-state index contributed by atoms with van der Waals surface area (Å²) < 4.78 is 0. The van der Waals surface area contributed by atoms with Crippen molar-refractivity contribution in [3.63, 3.8) is 0 Å². The lowest BCUT2D eigenvalue weighted by molar-refractivity contribution is 0.0947. The lowest BCUT2D eigenvalue weighted by atomic mass is 10.1. The van der Waals surface area contributed by atoms with E-state index in [9.17, 15) is 9.90 Å². The second-order valence-electron chi connectivity index (χ2n) is 4.72. The molecule has 2 aromatic rings. The van der Waals surface area contributed by atoms with Crippen LogP contribution in [0.3, 0.4) is 0 Å². The minimum Gasteiger partial charge on any atom is -0.393 e. The lowest BCUT2D eigenvalue weighted by Gasteiger charge is -2.09. The maximum atomic E-state index is 12.2. The molecule has 0 aliphatic carbocycles. The molecule has 19 heavy (non-hydrogen) atoms. The van der Waals surface area contributed by atoms with Crippen LogP contribution in [0, 0.1) is 6.92 Å². The van der Waals surface area contributed by atoms with Crippen LogP contribution in [0.1, 0.15) is 29.4 Å². The fourth-order valence-electron chi connectivity index (χ4n) is 1.99. The summed E-state index contributed by atoms with van der Waals surface area (Å²) in [5.74, 6) is -0.123. The summed E-state index contributed by atoms with van der Waals surface area (Å²) >= 11 is 0. The molecule has 0 saturated carbocycles. The third kappa shape index (κ3) is 3.29. The lowest BCUT2D eigenvalue weighted by Crippen LogP contribution is -2.26. The zero-order chi connectivity index (χ0) is 13.8. The van der Waals surface area contributed by atoms with Crippen LogP contribution in [0.2, 0.25) is 0 Å². The predicted octanol–water partition coefficient (Wildman–Crippen LogP) is 2.04. The Labute approximate surface area is 112 Å². The number of aryl methyl sites for hydroxylation is 1. The van der Waals surface area contributed by atoms with Gasteiger partial charge in [0.25, 0.3) is 5.91 Å². The second kappa shape index (κ2) is 5.80. The smallest absolute Gasteiger partial charge is 0.252 e. The van der Waals surface area contributed by atoms with Crippen LogP contribution in [0.4, 0.5) is 0 Å². The van der Waals surface area contributed by atoms with Crippen molar-refractivity contribution in [3.8, 4) is 0 Å². The van der Waals surface area contributed by atoms with E-state index in [1.165, 1.54) is 0 Å². The van der Waals surface area contributed by atoms with Gasteiger partial charge < -0.3 is 10.4 Å². The third-order valence-corrected chi connectivity index (χ3v) is 2.94. The molecular formula is C15H18N2O2. The SMILES string of the molecule is Cc1cc(C(=O)NCCC(C)O)c2ccccc2n1. The minimum atomic E-state index is -0.406. The number of hydrogen-bond acceptors (Lipinski definition) is 3. The van der Waals surface area contributed by atoms with Gasteiger partial charge in [-0.1, -0.05) is 18.2 Å². The molecule has 1 aromatic heterocycles. The number of nitrogens with zero attached hydrogens (tertiary/aromatic N) is 1. The van der Waals surface area contributed by atoms with E-state index in [0.717, 1.165) is 16.6 Å². The maximum absolute atomic E-state index is 12.2. The van der Waals surface area contributed by atoms with Gasteiger partial charge in [0.05, 0.1) is 17.2 Å². The number of nitrogens with one attached hydrogen (secondary N) is 1. The molecule has 0 radical (unpaired) electrons. The fourth-order valence-corrected chi connectivity index (χ4v) is 1.99. The van der Waals surface area contributed by atoms with Gasteiger partial charge >= 0.3 is 0 Å². The molecular weight excluding hydrogens is 240 g/mol. The van der Waals surface area contributed by atoms with Crippen molar-refractivity contribution in [1.29, 1.82) is 0 Å². The van der Waals surface area contributed by atoms with Crippen LogP contribution in [-0.2, 0) is 0 Å². The highest BCUT2D eigenvalue weighted by Crippen LogP contribution is 2.18. The number of pyridine rings is 1. The normalized spacial score (nSPS) is 12.4. The highest BCUT2D eigenvalue weighted by Gasteiger charge is 2.11. The number of carbonyl (C=O) groups is 1. The number of aliphatic hydroxyl groups excluding tert-OH is 1. The Morgan fingerprint density at radius 1 is 1.42 bits per heavy atom. The monoisotopic (exact) mass is 258 g/mol. The van der Waals surface area contributed by atoms with Crippen LogP contribution >= 0.6 is 0 Å². The molecule has 1 atom stereocenters. The summed E-state index contributed by atoms with van der Waals surface area (Å²) in [4.78, 5) is 16.6. The van der Waals surface area contributed by atoms with E-state index >= 15 is 0 Å². The molecule has 4 heteroatoms. The van der Waals surface area contributed by atoms with Crippen LogP contribution < -0.4 is 5.32 Å². The largest absolute Gasteiger partial charge is 0.393 e. The molecule has 0 saturated heterocycles. The van der Waals surface area contributed by atoms with Gasteiger partial charge in [-0.2, -0.15) is 0 Å². The van der Waals surface area contributed by atoms with Crippen LogP contribution in [0.25, 0.3) is 10.9 Å². The van der Waals surface area contributed by atoms with Crippen molar-refractivity contribution in [2.75, 3.05) is 6.54 Å². The number of hydrogen-bond donors (Lipinski definition) is 2. The first-order chi connectivity index (χ1) is 9.08. The number of fused-ring (bicyclic) bond motifs is 1. The Morgan fingerprint density at radius 2 is 2.16 bits per heavy atom. The highest BCUT2D eigenvalue weighted by molar-refractivity contribution is 6.06. The number of rotatable bonds is 4. The summed E-state index contributed by atoms with van der Waals surface area (Å²) in [6.45, 7) is 4.04. The summed E-state index contributed by atoms with van der Waals surface area (Å²) in [5, 5.41) is 12.9. The summed E-state index contributed by atoms with van der Waals surface area (Å²) in [5.41, 5.74) is 2.27. The third-order valence-electron chi connectivity index (χ3n) is 2.94. The molecule has 0 aliphatic heterocycles. The van der Waals surface area contributed by atoms with Crippen molar-refractivity contribution < 1.29 is 9.90 Å². The number of carbonyl (C=O) groups excluding carboxylic acids is 1. The van der Waals surface area contributed by atoms with E-state index < -0.39 is 6.10 Å². The van der Waals surface area contributed by atoms with Crippen molar-refractivity contribution in [2.45, 2.75) is 26.4 Å². The standard InChI is InChI=1S/C15H18N2O2/c1-10-9-13(15(19)16-8-7-11(2)18)12-5-3-4-6-14(12)17-10/h3-6,9,11,18H,7-8H2,1-2H3,(H,16,19). The number of aliphatic hydroxyl groups is 1. The van der Waals surface area contributed by atoms with Gasteiger partial charge in [0.2, 0.25) is 0 Å². The summed E-state index contributed by atoms with van der Waals surface area (Å²) in [6, 6.07) is 9.39. The molecule has 2 N–H and O–H groups in total. The Bertz CT molecular complexity index is 594. The molecule has 0 fully saturated rings. The average molecular weight is 258 g/mol. The number of amides is 1. The van der Waals surface area contributed by atoms with E-state index in [0.29, 0.717) is 18.5 Å². The zero-order valence-electron chi connectivity index (χ0n) is 11.2. The van der Waals surface area contributed by atoms with Gasteiger partial charge in [-0.3, -0.25) is 9.78 Å². The van der Waals surface area contributed by atoms with Gasteiger partial charge in [-0.25, -0.2) is 0 Å². The molecule has 100 valence electrons. The van der Waals surface area contributed by atoms with Gasteiger partial charge in [0.1, 0.15) is 0 Å². The molecule has 4 nitrogen and oxygen atoms in total. The Hall–Kier alpha value is -1.94. The Kier molecular flexibility index (Phi) is 4.12. The number of aromatic nitrogens is 1. The van der Waals surface area contributed by atoms with Crippen LogP contribution in [0.5, 0.6) is 0 Å². The molecule has 1 amide bonds. The first-order valence-electron chi connectivity index (χ1n) is 6.40. The fraction of sp³-hybridized carbons (Fsp3) is 0.333. The van der Waals surface area contributed by atoms with Gasteiger partial charge in [-0.15, -0.1) is 0 Å². The Morgan fingerprint density at radius 3 is 2.89 bits per heavy atom. The van der Waals surface area contributed by atoms with Gasteiger partial charge in [0.15, 0.2) is 0 Å². The number of benzene rings is 1. The Balaban J connectivity index is 2.26. The second-order valence-corrected chi connectivity index (χ2v) is 4.72. The van der Waals surface area contributed by atoms with Crippen molar-refractivity contribution in [2.24, 2.45) is 0 Å². The van der Waals surface area contributed by atoms with Gasteiger partial charge in [0, 0.05) is 17.6 Å². The van der Waals surface area contributed by atoms with E-state index in [1.807, 2.05) is 31.2 Å². The molecule has 0 aliphatic rings.